The molecule has 0 saturated carbocycles. The first-order valence-corrected chi connectivity index (χ1v) is 9.34. The standard InChI is InChI=1S/C21H22N6O/c28-16-26-10-12-27(13-11-26)20-14-19(23-15-18-8-4-5-9-22-18)24-21(25-20)17-6-2-1-3-7-17/h1-9,14,16H,10-13,15H2,(H,23,24,25). The molecule has 1 aliphatic heterocycles. The quantitative estimate of drug-likeness (QED) is 0.668. The molecule has 0 atom stereocenters. The highest BCUT2D eigenvalue weighted by molar-refractivity contribution is 5.62. The Bertz CT molecular complexity index is 911. The van der Waals surface area contributed by atoms with E-state index in [2.05, 4.69) is 15.2 Å². The summed E-state index contributed by atoms with van der Waals surface area (Å²) >= 11 is 0. The molecule has 1 aliphatic rings. The van der Waals surface area contributed by atoms with E-state index >= 15 is 0 Å². The summed E-state index contributed by atoms with van der Waals surface area (Å²) in [4.78, 5) is 28.8. The zero-order valence-electron chi connectivity index (χ0n) is 15.5. The highest BCUT2D eigenvalue weighted by Crippen LogP contribution is 2.23. The summed E-state index contributed by atoms with van der Waals surface area (Å²) < 4.78 is 0. The number of aromatic nitrogens is 3. The van der Waals surface area contributed by atoms with E-state index in [0.29, 0.717) is 25.5 Å². The van der Waals surface area contributed by atoms with Crippen LogP contribution in [-0.2, 0) is 11.3 Å². The van der Waals surface area contributed by atoms with Gasteiger partial charge in [-0.05, 0) is 12.1 Å². The minimum absolute atomic E-state index is 0.588. The van der Waals surface area contributed by atoms with Crippen molar-refractivity contribution in [2.45, 2.75) is 6.54 Å². The molecule has 142 valence electrons. The smallest absolute Gasteiger partial charge is 0.209 e. The van der Waals surface area contributed by atoms with E-state index in [-0.39, 0.29) is 0 Å². The third-order valence-electron chi connectivity index (χ3n) is 4.71. The number of piperazine rings is 1. The number of rotatable bonds is 6. The largest absolute Gasteiger partial charge is 0.364 e. The lowest BCUT2D eigenvalue weighted by molar-refractivity contribution is -0.118. The number of hydrogen-bond donors (Lipinski definition) is 1. The van der Waals surface area contributed by atoms with Gasteiger partial charge in [-0.15, -0.1) is 0 Å². The summed E-state index contributed by atoms with van der Waals surface area (Å²) in [5.41, 5.74) is 1.92. The topological polar surface area (TPSA) is 74.2 Å². The Kier molecular flexibility index (Phi) is 5.42. The van der Waals surface area contributed by atoms with Crippen LogP contribution in [0.25, 0.3) is 11.4 Å². The normalized spacial score (nSPS) is 14.0. The number of carbonyl (C=O) groups excluding carboxylic acids is 1. The van der Waals surface area contributed by atoms with Crippen LogP contribution in [0.2, 0.25) is 0 Å². The van der Waals surface area contributed by atoms with Crippen molar-refractivity contribution in [3.05, 3.63) is 66.5 Å². The van der Waals surface area contributed by atoms with Gasteiger partial charge in [0.05, 0.1) is 12.2 Å². The van der Waals surface area contributed by atoms with Gasteiger partial charge in [0.1, 0.15) is 11.6 Å². The lowest BCUT2D eigenvalue weighted by Crippen LogP contribution is -2.46. The van der Waals surface area contributed by atoms with E-state index in [4.69, 9.17) is 9.97 Å². The molecule has 2 aromatic heterocycles. The van der Waals surface area contributed by atoms with E-state index in [0.717, 1.165) is 42.4 Å². The highest BCUT2D eigenvalue weighted by Gasteiger charge is 2.18. The first-order valence-electron chi connectivity index (χ1n) is 9.34. The van der Waals surface area contributed by atoms with Gasteiger partial charge in [0.15, 0.2) is 5.82 Å². The number of benzene rings is 1. The number of pyridine rings is 1. The molecule has 1 N–H and O–H groups in total. The van der Waals surface area contributed by atoms with Gasteiger partial charge in [0.25, 0.3) is 0 Å². The molecule has 0 bridgehead atoms. The van der Waals surface area contributed by atoms with Crippen LogP contribution >= 0.6 is 0 Å². The van der Waals surface area contributed by atoms with Gasteiger partial charge >= 0.3 is 0 Å². The molecule has 3 heterocycles. The van der Waals surface area contributed by atoms with Crippen LogP contribution in [0, 0.1) is 0 Å². The van der Waals surface area contributed by atoms with Crippen molar-refractivity contribution in [3.63, 3.8) is 0 Å². The van der Waals surface area contributed by atoms with E-state index in [1.165, 1.54) is 0 Å². The lowest BCUT2D eigenvalue weighted by Gasteiger charge is -2.33. The van der Waals surface area contributed by atoms with Crippen LogP contribution in [0.4, 0.5) is 11.6 Å². The number of carbonyl (C=O) groups is 1. The number of hydrogen-bond acceptors (Lipinski definition) is 6. The second-order valence-corrected chi connectivity index (χ2v) is 6.60. The van der Waals surface area contributed by atoms with Crippen molar-refractivity contribution < 1.29 is 4.79 Å². The Balaban J connectivity index is 1.60. The predicted molar refractivity (Wildman–Crippen MR) is 109 cm³/mol. The fourth-order valence-corrected chi connectivity index (χ4v) is 3.14. The number of nitrogens with one attached hydrogen (secondary N) is 1. The molecule has 28 heavy (non-hydrogen) atoms. The van der Waals surface area contributed by atoms with Crippen molar-refractivity contribution in [2.24, 2.45) is 0 Å². The molecule has 7 nitrogen and oxygen atoms in total. The summed E-state index contributed by atoms with van der Waals surface area (Å²) in [6, 6.07) is 17.8. The second-order valence-electron chi connectivity index (χ2n) is 6.60. The Hall–Kier alpha value is -3.48. The molecule has 3 aromatic rings. The maximum Gasteiger partial charge on any atom is 0.209 e. The fraction of sp³-hybridized carbons (Fsp3) is 0.238. The third-order valence-corrected chi connectivity index (χ3v) is 4.71. The summed E-state index contributed by atoms with van der Waals surface area (Å²) in [5.74, 6) is 2.30. The van der Waals surface area contributed by atoms with Gasteiger partial charge in [-0.25, -0.2) is 9.97 Å². The summed E-state index contributed by atoms with van der Waals surface area (Å²) in [6.45, 7) is 3.49. The van der Waals surface area contributed by atoms with Gasteiger partial charge in [-0.3, -0.25) is 9.78 Å². The van der Waals surface area contributed by atoms with Crippen molar-refractivity contribution in [3.8, 4) is 11.4 Å². The molecule has 0 spiro atoms. The van der Waals surface area contributed by atoms with Crippen molar-refractivity contribution in [1.29, 1.82) is 0 Å². The molecule has 1 saturated heterocycles. The maximum atomic E-state index is 11.0. The van der Waals surface area contributed by atoms with E-state index in [1.807, 2.05) is 54.6 Å². The van der Waals surface area contributed by atoms with Crippen LogP contribution in [0.3, 0.4) is 0 Å². The Morgan fingerprint density at radius 2 is 1.75 bits per heavy atom. The average Bonchev–Trinajstić information content (AvgIpc) is 2.79. The molecule has 1 fully saturated rings. The summed E-state index contributed by atoms with van der Waals surface area (Å²) in [6.07, 6.45) is 2.69. The molecule has 4 rings (SSSR count). The Labute approximate surface area is 164 Å². The van der Waals surface area contributed by atoms with Crippen LogP contribution < -0.4 is 10.2 Å². The zero-order chi connectivity index (χ0) is 19.2. The first kappa shape index (κ1) is 17.9. The number of amides is 1. The second kappa shape index (κ2) is 8.47. The summed E-state index contributed by atoms with van der Waals surface area (Å²) in [5, 5.41) is 3.36. The lowest BCUT2D eigenvalue weighted by atomic mass is 10.2. The molecular formula is C21H22N6O. The first-order chi connectivity index (χ1) is 13.8. The Morgan fingerprint density at radius 1 is 0.964 bits per heavy atom. The van der Waals surface area contributed by atoms with Crippen molar-refractivity contribution in [1.82, 2.24) is 19.9 Å². The van der Waals surface area contributed by atoms with Crippen molar-refractivity contribution >= 4 is 18.0 Å². The number of nitrogens with zero attached hydrogens (tertiary/aromatic N) is 5. The molecule has 1 aromatic carbocycles. The van der Waals surface area contributed by atoms with E-state index in [1.54, 1.807) is 11.1 Å². The van der Waals surface area contributed by atoms with Gasteiger partial charge in [0.2, 0.25) is 6.41 Å². The van der Waals surface area contributed by atoms with E-state index < -0.39 is 0 Å². The average molecular weight is 374 g/mol. The fourth-order valence-electron chi connectivity index (χ4n) is 3.14. The molecule has 0 aliphatic carbocycles. The third kappa shape index (κ3) is 4.25. The van der Waals surface area contributed by atoms with Crippen LogP contribution in [0.5, 0.6) is 0 Å². The Morgan fingerprint density at radius 3 is 2.46 bits per heavy atom. The maximum absolute atomic E-state index is 11.0. The van der Waals surface area contributed by atoms with Gasteiger partial charge in [-0.2, -0.15) is 0 Å². The minimum atomic E-state index is 0.588. The monoisotopic (exact) mass is 374 g/mol. The zero-order valence-corrected chi connectivity index (χ0v) is 15.5. The van der Waals surface area contributed by atoms with Crippen LogP contribution in [0.15, 0.2) is 60.8 Å². The summed E-state index contributed by atoms with van der Waals surface area (Å²) in [7, 11) is 0. The molecule has 7 heteroatoms. The van der Waals surface area contributed by atoms with Crippen LogP contribution in [-0.4, -0.2) is 52.4 Å². The van der Waals surface area contributed by atoms with Gasteiger partial charge in [-0.1, -0.05) is 36.4 Å². The minimum Gasteiger partial charge on any atom is -0.364 e. The number of anilines is 2. The highest BCUT2D eigenvalue weighted by atomic mass is 16.1. The molecule has 1 amide bonds. The van der Waals surface area contributed by atoms with Gasteiger partial charge in [0, 0.05) is 44.0 Å². The molecular weight excluding hydrogens is 352 g/mol. The predicted octanol–water partition coefficient (Wildman–Crippen LogP) is 2.43. The van der Waals surface area contributed by atoms with Crippen molar-refractivity contribution in [2.75, 3.05) is 36.4 Å². The van der Waals surface area contributed by atoms with Crippen LogP contribution in [0.1, 0.15) is 5.69 Å². The molecule has 0 unspecified atom stereocenters. The SMILES string of the molecule is O=CN1CCN(c2cc(NCc3ccccn3)nc(-c3ccccc3)n2)CC1. The van der Waals surface area contributed by atoms with Gasteiger partial charge < -0.3 is 15.1 Å². The van der Waals surface area contributed by atoms with E-state index in [9.17, 15) is 4.79 Å². The molecule has 0 radical (unpaired) electrons.